The summed E-state index contributed by atoms with van der Waals surface area (Å²) in [6.07, 6.45) is 7.90. The lowest BCUT2D eigenvalue weighted by atomic mass is 9.84. The fourth-order valence-electron chi connectivity index (χ4n) is 4.08. The number of aryl methyl sites for hydroxylation is 2. The van der Waals surface area contributed by atoms with Crippen LogP contribution in [0.3, 0.4) is 0 Å². The van der Waals surface area contributed by atoms with Gasteiger partial charge in [0.2, 0.25) is 0 Å². The van der Waals surface area contributed by atoms with Gasteiger partial charge in [0.25, 0.3) is 0 Å². The maximum Gasteiger partial charge on any atom is 0.0930 e. The first kappa shape index (κ1) is 20.2. The summed E-state index contributed by atoms with van der Waals surface area (Å²) >= 11 is 5.98. The number of halogens is 1. The minimum absolute atomic E-state index is 0.713. The Morgan fingerprint density at radius 1 is 1.00 bits per heavy atom. The monoisotopic (exact) mass is 385 g/mol. The lowest BCUT2D eigenvalue weighted by Crippen LogP contribution is -2.42. The highest BCUT2D eigenvalue weighted by Crippen LogP contribution is 2.35. The first-order valence-corrected chi connectivity index (χ1v) is 10.7. The zero-order valence-corrected chi connectivity index (χ0v) is 17.4. The van der Waals surface area contributed by atoms with Crippen LogP contribution >= 0.6 is 11.6 Å². The van der Waals surface area contributed by atoms with E-state index in [-0.39, 0.29) is 0 Å². The topological polar surface area (TPSA) is 23.5 Å². The second-order valence-electron chi connectivity index (χ2n) is 7.95. The summed E-state index contributed by atoms with van der Waals surface area (Å²) in [6.45, 7) is 6.22. The number of hydrogen-bond acceptors (Lipinski definition) is 2. The van der Waals surface area contributed by atoms with E-state index in [2.05, 4.69) is 36.9 Å². The molecule has 3 heteroatoms. The molecule has 0 spiro atoms. The van der Waals surface area contributed by atoms with Gasteiger partial charge in [-0.15, -0.1) is 0 Å². The average molecular weight is 386 g/mol. The Bertz CT molecular complexity index is 733. The standard InChI is InChI=1S/C24H32ClNO/c1-3-4-5-6-7-20-8-13-23(18-19(20)2)26-16-14-24(27,15-17-26)21-9-11-22(25)12-10-21/h8-13,18,27H,3-7,14-17H2,1-2H3. The summed E-state index contributed by atoms with van der Waals surface area (Å²) in [6, 6.07) is 14.5. The van der Waals surface area contributed by atoms with Crippen molar-refractivity contribution in [3.05, 3.63) is 64.2 Å². The van der Waals surface area contributed by atoms with Gasteiger partial charge in [-0.3, -0.25) is 0 Å². The summed E-state index contributed by atoms with van der Waals surface area (Å²) in [5.74, 6) is 0. The van der Waals surface area contributed by atoms with Crippen LogP contribution < -0.4 is 4.90 Å². The van der Waals surface area contributed by atoms with Gasteiger partial charge in [0, 0.05) is 23.8 Å². The van der Waals surface area contributed by atoms with Crippen LogP contribution in [0.25, 0.3) is 0 Å². The predicted molar refractivity (Wildman–Crippen MR) is 116 cm³/mol. The third-order valence-corrected chi connectivity index (χ3v) is 6.22. The molecule has 1 saturated heterocycles. The Morgan fingerprint density at radius 2 is 1.70 bits per heavy atom. The van der Waals surface area contributed by atoms with E-state index in [0.717, 1.165) is 31.5 Å². The summed E-state index contributed by atoms with van der Waals surface area (Å²) in [7, 11) is 0. The van der Waals surface area contributed by atoms with E-state index in [1.807, 2.05) is 24.3 Å². The van der Waals surface area contributed by atoms with Gasteiger partial charge in [0.15, 0.2) is 0 Å². The van der Waals surface area contributed by atoms with Gasteiger partial charge >= 0.3 is 0 Å². The highest BCUT2D eigenvalue weighted by Gasteiger charge is 2.34. The molecule has 0 amide bonds. The maximum absolute atomic E-state index is 11.1. The molecular weight excluding hydrogens is 354 g/mol. The largest absolute Gasteiger partial charge is 0.385 e. The molecule has 1 N–H and O–H groups in total. The van der Waals surface area contributed by atoms with Gasteiger partial charge in [0.1, 0.15) is 0 Å². The van der Waals surface area contributed by atoms with Crippen molar-refractivity contribution in [1.82, 2.24) is 0 Å². The Hall–Kier alpha value is -1.51. The van der Waals surface area contributed by atoms with E-state index in [9.17, 15) is 5.11 Å². The van der Waals surface area contributed by atoms with Crippen molar-refractivity contribution in [3.8, 4) is 0 Å². The molecule has 0 aliphatic carbocycles. The fraction of sp³-hybridized carbons (Fsp3) is 0.500. The van der Waals surface area contributed by atoms with Crippen molar-refractivity contribution in [2.75, 3.05) is 18.0 Å². The lowest BCUT2D eigenvalue weighted by molar-refractivity contribution is 0.0118. The van der Waals surface area contributed by atoms with Crippen molar-refractivity contribution >= 4 is 17.3 Å². The molecule has 2 aromatic carbocycles. The Morgan fingerprint density at radius 3 is 2.33 bits per heavy atom. The Balaban J connectivity index is 1.60. The van der Waals surface area contributed by atoms with Gasteiger partial charge in [0.05, 0.1) is 5.60 Å². The van der Waals surface area contributed by atoms with E-state index in [1.54, 1.807) is 0 Å². The highest BCUT2D eigenvalue weighted by molar-refractivity contribution is 6.30. The van der Waals surface area contributed by atoms with E-state index in [0.29, 0.717) is 5.02 Å². The number of nitrogens with zero attached hydrogens (tertiary/aromatic N) is 1. The van der Waals surface area contributed by atoms with Crippen molar-refractivity contribution in [1.29, 1.82) is 0 Å². The van der Waals surface area contributed by atoms with Crippen molar-refractivity contribution < 1.29 is 5.11 Å². The molecule has 1 fully saturated rings. The highest BCUT2D eigenvalue weighted by atomic mass is 35.5. The molecule has 3 rings (SSSR count). The first-order valence-electron chi connectivity index (χ1n) is 10.3. The number of anilines is 1. The van der Waals surface area contributed by atoms with Gasteiger partial charge in [-0.25, -0.2) is 0 Å². The molecule has 1 aliphatic rings. The predicted octanol–water partition coefficient (Wildman–Crippen LogP) is 6.26. The molecule has 2 aromatic rings. The van der Waals surface area contributed by atoms with Crippen molar-refractivity contribution in [2.45, 2.75) is 64.4 Å². The second-order valence-corrected chi connectivity index (χ2v) is 8.38. The second kappa shape index (κ2) is 9.12. The molecular formula is C24H32ClNO. The molecule has 1 heterocycles. The van der Waals surface area contributed by atoms with E-state index in [1.165, 1.54) is 48.9 Å². The number of unbranched alkanes of at least 4 members (excludes halogenated alkanes) is 3. The maximum atomic E-state index is 11.1. The van der Waals surface area contributed by atoms with Crippen LogP contribution in [0.2, 0.25) is 5.02 Å². The molecule has 0 saturated carbocycles. The van der Waals surface area contributed by atoms with E-state index in [4.69, 9.17) is 11.6 Å². The molecule has 0 radical (unpaired) electrons. The molecule has 146 valence electrons. The molecule has 0 unspecified atom stereocenters. The van der Waals surface area contributed by atoms with Crippen LogP contribution in [0, 0.1) is 6.92 Å². The lowest BCUT2D eigenvalue weighted by Gasteiger charge is -2.40. The van der Waals surface area contributed by atoms with Crippen LogP contribution in [0.5, 0.6) is 0 Å². The number of rotatable bonds is 7. The normalized spacial score (nSPS) is 16.5. The third kappa shape index (κ3) is 5.06. The van der Waals surface area contributed by atoms with Crippen LogP contribution in [-0.4, -0.2) is 18.2 Å². The van der Waals surface area contributed by atoms with Crippen LogP contribution in [0.4, 0.5) is 5.69 Å². The van der Waals surface area contributed by atoms with Gasteiger partial charge in [-0.2, -0.15) is 0 Å². The van der Waals surface area contributed by atoms with Crippen LogP contribution in [0.1, 0.15) is 62.1 Å². The number of hydrogen-bond donors (Lipinski definition) is 1. The third-order valence-electron chi connectivity index (χ3n) is 5.96. The Labute approximate surface area is 169 Å². The van der Waals surface area contributed by atoms with Crippen molar-refractivity contribution in [3.63, 3.8) is 0 Å². The van der Waals surface area contributed by atoms with Gasteiger partial charge < -0.3 is 10.0 Å². The number of piperidine rings is 1. The SMILES string of the molecule is CCCCCCc1ccc(N2CCC(O)(c3ccc(Cl)cc3)CC2)cc1C. The number of aliphatic hydroxyl groups is 1. The average Bonchev–Trinajstić information content (AvgIpc) is 2.67. The summed E-state index contributed by atoms with van der Waals surface area (Å²) < 4.78 is 0. The molecule has 0 aromatic heterocycles. The minimum Gasteiger partial charge on any atom is -0.385 e. The number of benzene rings is 2. The van der Waals surface area contributed by atoms with E-state index >= 15 is 0 Å². The summed E-state index contributed by atoms with van der Waals surface area (Å²) in [5, 5.41) is 11.8. The van der Waals surface area contributed by atoms with Gasteiger partial charge in [-0.1, -0.05) is 56.0 Å². The van der Waals surface area contributed by atoms with Crippen LogP contribution in [-0.2, 0) is 12.0 Å². The first-order chi connectivity index (χ1) is 13.0. The molecule has 27 heavy (non-hydrogen) atoms. The van der Waals surface area contributed by atoms with Gasteiger partial charge in [-0.05, 0) is 73.6 Å². The summed E-state index contributed by atoms with van der Waals surface area (Å²) in [4.78, 5) is 2.40. The quantitative estimate of drug-likeness (QED) is 0.568. The smallest absolute Gasteiger partial charge is 0.0930 e. The molecule has 2 nitrogen and oxygen atoms in total. The summed E-state index contributed by atoms with van der Waals surface area (Å²) in [5.41, 5.74) is 4.38. The fourth-order valence-corrected chi connectivity index (χ4v) is 4.21. The minimum atomic E-state index is -0.741. The molecule has 0 atom stereocenters. The molecule has 0 bridgehead atoms. The zero-order chi connectivity index (χ0) is 19.3. The van der Waals surface area contributed by atoms with Crippen molar-refractivity contribution in [2.24, 2.45) is 0 Å². The Kier molecular flexibility index (Phi) is 6.83. The van der Waals surface area contributed by atoms with E-state index < -0.39 is 5.60 Å². The molecule has 1 aliphatic heterocycles. The van der Waals surface area contributed by atoms with Crippen LogP contribution in [0.15, 0.2) is 42.5 Å². The zero-order valence-electron chi connectivity index (χ0n) is 16.7.